The first kappa shape index (κ1) is 18.2. The summed E-state index contributed by atoms with van der Waals surface area (Å²) in [6, 6.07) is 9.44. The van der Waals surface area contributed by atoms with E-state index in [0.717, 1.165) is 18.4 Å². The van der Waals surface area contributed by atoms with Crippen molar-refractivity contribution in [3.05, 3.63) is 35.9 Å². The minimum atomic E-state index is -0.567. The van der Waals surface area contributed by atoms with Crippen LogP contribution in [0.15, 0.2) is 30.3 Å². The molecule has 1 rings (SSSR count). The highest BCUT2D eigenvalue weighted by molar-refractivity contribution is 6.35. The van der Waals surface area contributed by atoms with Gasteiger partial charge in [-0.25, -0.2) is 0 Å². The van der Waals surface area contributed by atoms with Crippen LogP contribution in [0.5, 0.6) is 0 Å². The van der Waals surface area contributed by atoms with Gasteiger partial charge < -0.3 is 10.6 Å². The number of nitrogens with one attached hydrogen (secondary N) is 2. The van der Waals surface area contributed by atoms with Gasteiger partial charge in [-0.15, -0.1) is 0 Å². The standard InChI is InChI=1S/C18H28N2O2/c1-3-4-5-6-7-11-14-19-17(21)18(22)20-15(2)16-12-9-8-10-13-16/h8-10,12-13,15H,3-7,11,14H2,1-2H3,(H,19,21)(H,20,22)/t15-/m0/s1. The fourth-order valence-corrected chi connectivity index (χ4v) is 2.27. The number of hydrogen-bond acceptors (Lipinski definition) is 2. The molecular weight excluding hydrogens is 276 g/mol. The molecule has 0 aliphatic carbocycles. The predicted molar refractivity (Wildman–Crippen MR) is 89.4 cm³/mol. The Morgan fingerprint density at radius 1 is 0.955 bits per heavy atom. The summed E-state index contributed by atoms with van der Waals surface area (Å²) in [6.45, 7) is 4.63. The molecule has 0 saturated heterocycles. The molecule has 0 saturated carbocycles. The van der Waals surface area contributed by atoms with Crippen molar-refractivity contribution in [1.82, 2.24) is 10.6 Å². The fourth-order valence-electron chi connectivity index (χ4n) is 2.27. The number of amides is 2. The number of carbonyl (C=O) groups excluding carboxylic acids is 2. The van der Waals surface area contributed by atoms with E-state index in [2.05, 4.69) is 17.6 Å². The third-order valence-electron chi connectivity index (χ3n) is 3.67. The van der Waals surface area contributed by atoms with Gasteiger partial charge in [-0.2, -0.15) is 0 Å². The van der Waals surface area contributed by atoms with Crippen LogP contribution >= 0.6 is 0 Å². The van der Waals surface area contributed by atoms with E-state index >= 15 is 0 Å². The van der Waals surface area contributed by atoms with Crippen LogP contribution in [0.25, 0.3) is 0 Å². The molecule has 0 unspecified atom stereocenters. The summed E-state index contributed by atoms with van der Waals surface area (Å²) in [5.74, 6) is -1.11. The Bertz CT molecular complexity index is 446. The van der Waals surface area contributed by atoms with Crippen molar-refractivity contribution in [2.45, 2.75) is 58.4 Å². The number of unbranched alkanes of at least 4 members (excludes halogenated alkanes) is 5. The van der Waals surface area contributed by atoms with Crippen LogP contribution in [-0.4, -0.2) is 18.4 Å². The van der Waals surface area contributed by atoms with Gasteiger partial charge in [0.15, 0.2) is 0 Å². The SMILES string of the molecule is CCCCCCCCNC(=O)C(=O)N[C@@H](C)c1ccccc1. The normalized spacial score (nSPS) is 11.7. The average molecular weight is 304 g/mol. The van der Waals surface area contributed by atoms with E-state index in [1.807, 2.05) is 37.3 Å². The summed E-state index contributed by atoms with van der Waals surface area (Å²) in [5, 5.41) is 5.39. The molecule has 2 amide bonds. The van der Waals surface area contributed by atoms with Crippen molar-refractivity contribution in [2.24, 2.45) is 0 Å². The second kappa shape index (κ2) is 10.8. The Hall–Kier alpha value is -1.84. The minimum Gasteiger partial charge on any atom is -0.348 e. The molecule has 4 nitrogen and oxygen atoms in total. The fraction of sp³-hybridized carbons (Fsp3) is 0.556. The van der Waals surface area contributed by atoms with Gasteiger partial charge in [-0.3, -0.25) is 9.59 Å². The summed E-state index contributed by atoms with van der Waals surface area (Å²) in [7, 11) is 0. The second-order valence-electron chi connectivity index (χ2n) is 5.63. The first-order chi connectivity index (χ1) is 10.6. The topological polar surface area (TPSA) is 58.2 Å². The minimum absolute atomic E-state index is 0.173. The van der Waals surface area contributed by atoms with Crippen molar-refractivity contribution in [3.63, 3.8) is 0 Å². The van der Waals surface area contributed by atoms with Gasteiger partial charge in [0.25, 0.3) is 0 Å². The van der Waals surface area contributed by atoms with Crippen LogP contribution in [0, 0.1) is 0 Å². The molecule has 0 aliphatic rings. The van der Waals surface area contributed by atoms with Gasteiger partial charge in [-0.05, 0) is 18.9 Å². The smallest absolute Gasteiger partial charge is 0.309 e. The molecule has 0 fully saturated rings. The lowest BCUT2D eigenvalue weighted by Crippen LogP contribution is -2.41. The van der Waals surface area contributed by atoms with Gasteiger partial charge in [0.2, 0.25) is 0 Å². The lowest BCUT2D eigenvalue weighted by Gasteiger charge is -2.14. The zero-order valence-electron chi connectivity index (χ0n) is 13.7. The summed E-state index contributed by atoms with van der Waals surface area (Å²) in [6.07, 6.45) is 6.97. The molecule has 0 bridgehead atoms. The van der Waals surface area contributed by atoms with E-state index in [0.29, 0.717) is 6.54 Å². The third kappa shape index (κ3) is 7.25. The monoisotopic (exact) mass is 304 g/mol. The Morgan fingerprint density at radius 2 is 1.59 bits per heavy atom. The first-order valence-corrected chi connectivity index (χ1v) is 8.28. The van der Waals surface area contributed by atoms with Gasteiger partial charge >= 0.3 is 11.8 Å². The summed E-state index contributed by atoms with van der Waals surface area (Å²) in [4.78, 5) is 23.5. The Kier molecular flexibility index (Phi) is 8.96. The van der Waals surface area contributed by atoms with Crippen LogP contribution in [0.2, 0.25) is 0 Å². The molecule has 0 radical (unpaired) electrons. The largest absolute Gasteiger partial charge is 0.348 e. The molecular formula is C18H28N2O2. The lowest BCUT2D eigenvalue weighted by atomic mass is 10.1. The van der Waals surface area contributed by atoms with E-state index in [1.165, 1.54) is 25.7 Å². The van der Waals surface area contributed by atoms with Gasteiger partial charge in [0, 0.05) is 6.54 Å². The van der Waals surface area contributed by atoms with E-state index in [9.17, 15) is 9.59 Å². The molecule has 22 heavy (non-hydrogen) atoms. The Morgan fingerprint density at radius 3 is 2.27 bits per heavy atom. The third-order valence-corrected chi connectivity index (χ3v) is 3.67. The Labute approximate surface area is 133 Å². The van der Waals surface area contributed by atoms with E-state index < -0.39 is 11.8 Å². The zero-order chi connectivity index (χ0) is 16.2. The predicted octanol–water partition coefficient (Wildman–Crippen LogP) is 3.34. The van der Waals surface area contributed by atoms with E-state index in [-0.39, 0.29) is 6.04 Å². The molecule has 0 heterocycles. The zero-order valence-corrected chi connectivity index (χ0v) is 13.7. The van der Waals surface area contributed by atoms with Crippen molar-refractivity contribution >= 4 is 11.8 Å². The van der Waals surface area contributed by atoms with Crippen molar-refractivity contribution in [1.29, 1.82) is 0 Å². The molecule has 0 spiro atoms. The molecule has 1 aromatic rings. The van der Waals surface area contributed by atoms with Crippen LogP contribution in [0.3, 0.4) is 0 Å². The molecule has 1 atom stereocenters. The molecule has 0 aromatic heterocycles. The van der Waals surface area contributed by atoms with E-state index in [4.69, 9.17) is 0 Å². The molecule has 1 aromatic carbocycles. The van der Waals surface area contributed by atoms with Gasteiger partial charge in [-0.1, -0.05) is 69.4 Å². The second-order valence-corrected chi connectivity index (χ2v) is 5.63. The number of benzene rings is 1. The maximum Gasteiger partial charge on any atom is 0.309 e. The molecule has 4 heteroatoms. The molecule has 122 valence electrons. The Balaban J connectivity index is 2.18. The van der Waals surface area contributed by atoms with Crippen LogP contribution in [0.1, 0.15) is 64.0 Å². The highest BCUT2D eigenvalue weighted by Crippen LogP contribution is 2.10. The van der Waals surface area contributed by atoms with Gasteiger partial charge in [0.1, 0.15) is 0 Å². The molecule has 2 N–H and O–H groups in total. The molecule has 0 aliphatic heterocycles. The highest BCUT2D eigenvalue weighted by atomic mass is 16.2. The van der Waals surface area contributed by atoms with Crippen molar-refractivity contribution in [3.8, 4) is 0 Å². The number of hydrogen-bond donors (Lipinski definition) is 2. The van der Waals surface area contributed by atoms with Crippen molar-refractivity contribution < 1.29 is 9.59 Å². The van der Waals surface area contributed by atoms with Gasteiger partial charge in [0.05, 0.1) is 6.04 Å². The van der Waals surface area contributed by atoms with Crippen LogP contribution in [-0.2, 0) is 9.59 Å². The lowest BCUT2D eigenvalue weighted by molar-refractivity contribution is -0.139. The quantitative estimate of drug-likeness (QED) is 0.543. The summed E-state index contributed by atoms with van der Waals surface area (Å²) < 4.78 is 0. The maximum absolute atomic E-state index is 11.8. The summed E-state index contributed by atoms with van der Waals surface area (Å²) in [5.41, 5.74) is 0.986. The average Bonchev–Trinajstić information content (AvgIpc) is 2.54. The first-order valence-electron chi connectivity index (χ1n) is 8.28. The maximum atomic E-state index is 11.8. The van der Waals surface area contributed by atoms with Crippen LogP contribution in [0.4, 0.5) is 0 Å². The number of carbonyl (C=O) groups is 2. The number of rotatable bonds is 9. The van der Waals surface area contributed by atoms with Crippen molar-refractivity contribution in [2.75, 3.05) is 6.54 Å². The van der Waals surface area contributed by atoms with E-state index in [1.54, 1.807) is 0 Å². The summed E-state index contributed by atoms with van der Waals surface area (Å²) >= 11 is 0. The highest BCUT2D eigenvalue weighted by Gasteiger charge is 2.16. The van der Waals surface area contributed by atoms with Crippen LogP contribution < -0.4 is 10.6 Å².